The van der Waals surface area contributed by atoms with Crippen molar-refractivity contribution in [3.8, 4) is 0 Å². The second-order valence-electron chi connectivity index (χ2n) is 8.56. The van der Waals surface area contributed by atoms with Gasteiger partial charge in [-0.05, 0) is 0 Å². The summed E-state index contributed by atoms with van der Waals surface area (Å²) in [6.07, 6.45) is 0.928. The van der Waals surface area contributed by atoms with E-state index in [2.05, 4.69) is 104 Å². The summed E-state index contributed by atoms with van der Waals surface area (Å²) in [7, 11) is 4.33. The molecule has 2 aliphatic rings. The third kappa shape index (κ3) is 5.89. The van der Waals surface area contributed by atoms with Crippen LogP contribution < -0.4 is 9.25 Å². The topological polar surface area (TPSA) is 23.6 Å². The van der Waals surface area contributed by atoms with Gasteiger partial charge in [0.1, 0.15) is 0 Å². The number of carbonyl (C=O) groups is 1. The van der Waals surface area contributed by atoms with Crippen molar-refractivity contribution < 1.29 is 4.79 Å². The van der Waals surface area contributed by atoms with Crippen LogP contribution in [0.2, 0.25) is 0 Å². The van der Waals surface area contributed by atoms with E-state index < -0.39 is 12.3 Å². The summed E-state index contributed by atoms with van der Waals surface area (Å²) in [6, 6.07) is 29.9. The van der Waals surface area contributed by atoms with Crippen molar-refractivity contribution in [2.24, 2.45) is 5.92 Å². The third-order valence-corrected chi connectivity index (χ3v) is 19.9. The van der Waals surface area contributed by atoms with Crippen molar-refractivity contribution in [2.45, 2.75) is 19.5 Å². The van der Waals surface area contributed by atoms with Crippen LogP contribution in [-0.2, 0) is 17.9 Å². The molecular formula is C27H29AsN2OS2. The molecule has 2 fully saturated rings. The second-order valence-corrected chi connectivity index (χ2v) is 20.3. The molecule has 6 heteroatoms. The Hall–Kier alpha value is -1.65. The molecule has 33 heavy (non-hydrogen) atoms. The van der Waals surface area contributed by atoms with Crippen LogP contribution in [0.1, 0.15) is 17.5 Å². The second kappa shape index (κ2) is 11.2. The van der Waals surface area contributed by atoms with Crippen LogP contribution in [0.4, 0.5) is 5.69 Å². The summed E-state index contributed by atoms with van der Waals surface area (Å²) >= 11 is -0.998. The molecule has 2 aliphatic heterocycles. The average molecular weight is 537 g/mol. The Labute approximate surface area is 208 Å². The van der Waals surface area contributed by atoms with Crippen molar-refractivity contribution in [2.75, 3.05) is 29.5 Å². The Kier molecular flexibility index (Phi) is 7.83. The van der Waals surface area contributed by atoms with Crippen LogP contribution in [0.15, 0.2) is 84.9 Å². The standard InChI is InChI=1S/C27H29AsN2OS2/c31-27(24-15-16-29(21-24)19-22-7-3-1-4-8-22)30(20-23-9-5-2-6-10-23)26-13-11-25(12-14-26)28-32-17-18-33-28/h1-14,24H,15-21H2. The average Bonchev–Trinajstić information content (AvgIpc) is 3.57. The van der Waals surface area contributed by atoms with Crippen molar-refractivity contribution in [1.29, 1.82) is 0 Å². The van der Waals surface area contributed by atoms with E-state index in [-0.39, 0.29) is 11.8 Å². The molecule has 3 aromatic rings. The summed E-state index contributed by atoms with van der Waals surface area (Å²) in [6.45, 7) is 3.35. The molecule has 3 nitrogen and oxygen atoms in total. The Morgan fingerprint density at radius 2 is 1.52 bits per heavy atom. The minimum atomic E-state index is -0.998. The van der Waals surface area contributed by atoms with Gasteiger partial charge in [0, 0.05) is 0 Å². The number of amides is 1. The van der Waals surface area contributed by atoms with Crippen LogP contribution >= 0.6 is 20.0 Å². The van der Waals surface area contributed by atoms with Crippen LogP contribution in [0.25, 0.3) is 0 Å². The zero-order chi connectivity index (χ0) is 22.5. The zero-order valence-electron chi connectivity index (χ0n) is 18.7. The number of benzene rings is 3. The van der Waals surface area contributed by atoms with Gasteiger partial charge in [-0.25, -0.2) is 0 Å². The quantitative estimate of drug-likeness (QED) is 0.400. The molecule has 0 saturated carbocycles. The fourth-order valence-corrected chi connectivity index (χ4v) is 18.6. The van der Waals surface area contributed by atoms with E-state index in [4.69, 9.17) is 0 Å². The first-order valence-electron chi connectivity index (χ1n) is 11.5. The van der Waals surface area contributed by atoms with Gasteiger partial charge in [-0.1, -0.05) is 18.2 Å². The van der Waals surface area contributed by atoms with Gasteiger partial charge in [0.05, 0.1) is 0 Å². The molecule has 2 heterocycles. The maximum atomic E-state index is 13.8. The van der Waals surface area contributed by atoms with Crippen molar-refractivity contribution in [1.82, 2.24) is 4.90 Å². The SMILES string of the molecule is O=C(C1CCN(Cc2ccccc2)C1)N(Cc1ccccc1)c1ccc([As]2SCCS2)cc1. The van der Waals surface area contributed by atoms with E-state index in [1.165, 1.54) is 27.0 Å². The van der Waals surface area contributed by atoms with Gasteiger partial charge >= 0.3 is 191 Å². The van der Waals surface area contributed by atoms with Gasteiger partial charge in [0.15, 0.2) is 0 Å². The normalized spacial score (nSPS) is 19.1. The Bertz CT molecular complexity index is 1040. The summed E-state index contributed by atoms with van der Waals surface area (Å²) in [5, 5.41) is 0. The molecule has 0 bridgehead atoms. The van der Waals surface area contributed by atoms with E-state index in [9.17, 15) is 4.79 Å². The first-order chi connectivity index (χ1) is 16.3. The number of carbonyl (C=O) groups excluding carboxylic acids is 1. The van der Waals surface area contributed by atoms with E-state index in [1.807, 2.05) is 11.0 Å². The van der Waals surface area contributed by atoms with Gasteiger partial charge < -0.3 is 0 Å². The van der Waals surface area contributed by atoms with E-state index >= 15 is 0 Å². The Morgan fingerprint density at radius 1 is 0.879 bits per heavy atom. The molecule has 0 aliphatic carbocycles. The van der Waals surface area contributed by atoms with Gasteiger partial charge in [0.25, 0.3) is 0 Å². The first-order valence-corrected chi connectivity index (χ1v) is 19.0. The van der Waals surface area contributed by atoms with Crippen LogP contribution in [-0.4, -0.2) is 47.7 Å². The number of nitrogens with zero attached hydrogens (tertiary/aromatic N) is 2. The molecule has 170 valence electrons. The van der Waals surface area contributed by atoms with Crippen molar-refractivity contribution >= 4 is 48.3 Å². The summed E-state index contributed by atoms with van der Waals surface area (Å²) in [5.41, 5.74) is 3.51. The summed E-state index contributed by atoms with van der Waals surface area (Å²) < 4.78 is 1.50. The fraction of sp³-hybridized carbons (Fsp3) is 0.296. The Balaban J connectivity index is 1.32. The number of anilines is 1. The minimum absolute atomic E-state index is 0.0490. The fourth-order valence-electron chi connectivity index (χ4n) is 4.48. The number of hydrogen-bond donors (Lipinski definition) is 0. The predicted octanol–water partition coefficient (Wildman–Crippen LogP) is 4.92. The number of rotatable bonds is 7. The molecule has 0 spiro atoms. The van der Waals surface area contributed by atoms with Gasteiger partial charge in [-0.3, -0.25) is 0 Å². The van der Waals surface area contributed by atoms with Crippen LogP contribution in [0, 0.1) is 5.92 Å². The van der Waals surface area contributed by atoms with E-state index in [0.717, 1.165) is 31.7 Å². The van der Waals surface area contributed by atoms with Gasteiger partial charge in [-0.2, -0.15) is 0 Å². The molecular weight excluding hydrogens is 507 g/mol. The number of hydrogen-bond acceptors (Lipinski definition) is 4. The third-order valence-electron chi connectivity index (χ3n) is 6.19. The molecule has 5 rings (SSSR count). The molecule has 0 aromatic heterocycles. The first kappa shape index (κ1) is 23.1. The molecule has 1 unspecified atom stereocenters. The van der Waals surface area contributed by atoms with Gasteiger partial charge in [0.2, 0.25) is 0 Å². The Morgan fingerprint density at radius 3 is 2.18 bits per heavy atom. The molecule has 1 amide bonds. The zero-order valence-corrected chi connectivity index (χ0v) is 22.2. The van der Waals surface area contributed by atoms with Crippen LogP contribution in [0.5, 0.6) is 0 Å². The van der Waals surface area contributed by atoms with Crippen LogP contribution in [0.3, 0.4) is 0 Å². The maximum absolute atomic E-state index is 13.8. The number of likely N-dealkylation sites (tertiary alicyclic amines) is 1. The molecule has 3 aromatic carbocycles. The van der Waals surface area contributed by atoms with E-state index in [0.29, 0.717) is 6.54 Å². The molecule has 0 N–H and O–H groups in total. The van der Waals surface area contributed by atoms with Crippen molar-refractivity contribution in [3.05, 3.63) is 96.1 Å². The molecule has 0 radical (unpaired) electrons. The summed E-state index contributed by atoms with van der Waals surface area (Å²) in [4.78, 5) is 18.2. The van der Waals surface area contributed by atoms with E-state index in [1.54, 1.807) is 0 Å². The summed E-state index contributed by atoms with van der Waals surface area (Å²) in [5.74, 6) is 2.87. The molecule has 2 saturated heterocycles. The molecule has 1 atom stereocenters. The van der Waals surface area contributed by atoms with Gasteiger partial charge in [-0.15, -0.1) is 0 Å². The monoisotopic (exact) mass is 536 g/mol. The van der Waals surface area contributed by atoms with Crippen molar-refractivity contribution in [3.63, 3.8) is 0 Å². The predicted molar refractivity (Wildman–Crippen MR) is 144 cm³/mol.